The van der Waals surface area contributed by atoms with Gasteiger partial charge in [0, 0.05) is 18.8 Å². The Morgan fingerprint density at radius 2 is 2.12 bits per heavy atom. The molecule has 3 aromatic rings. The quantitative estimate of drug-likeness (QED) is 0.670. The number of thiazole rings is 1. The van der Waals surface area contributed by atoms with E-state index in [2.05, 4.69) is 31.7 Å². The zero-order valence-corrected chi connectivity index (χ0v) is 13.8. The zero-order valence-electron chi connectivity index (χ0n) is 13.0. The van der Waals surface area contributed by atoms with Crippen LogP contribution in [0, 0.1) is 18.3 Å². The first-order chi connectivity index (χ1) is 11.6. The van der Waals surface area contributed by atoms with Crippen molar-refractivity contribution in [1.82, 2.24) is 15.0 Å². The third-order valence-corrected chi connectivity index (χ3v) is 4.42. The van der Waals surface area contributed by atoms with Gasteiger partial charge in [-0.05, 0) is 19.1 Å². The fraction of sp³-hybridized carbons (Fsp3) is 0.125. The minimum absolute atomic E-state index is 0.144. The summed E-state index contributed by atoms with van der Waals surface area (Å²) < 4.78 is 0. The summed E-state index contributed by atoms with van der Waals surface area (Å²) in [6, 6.07) is 8.77. The smallest absolute Gasteiger partial charge is 0.227 e. The molecule has 0 spiro atoms. The number of benzene rings is 1. The van der Waals surface area contributed by atoms with Gasteiger partial charge in [0.1, 0.15) is 17.5 Å². The van der Waals surface area contributed by atoms with Crippen molar-refractivity contribution in [1.29, 1.82) is 5.26 Å². The molecule has 120 valence electrons. The summed E-state index contributed by atoms with van der Waals surface area (Å²) in [7, 11) is 1.79. The minimum Gasteiger partial charge on any atom is -0.508 e. The Bertz CT molecular complexity index is 931. The van der Waals surface area contributed by atoms with E-state index in [9.17, 15) is 10.4 Å². The lowest BCUT2D eigenvalue weighted by molar-refractivity contribution is 0.475. The van der Waals surface area contributed by atoms with Gasteiger partial charge in [-0.25, -0.2) is 15.0 Å². The second kappa shape index (κ2) is 6.52. The van der Waals surface area contributed by atoms with Gasteiger partial charge < -0.3 is 15.7 Å². The van der Waals surface area contributed by atoms with Crippen LogP contribution < -0.4 is 10.6 Å². The van der Waals surface area contributed by atoms with Crippen LogP contribution in [0.25, 0.3) is 10.6 Å². The van der Waals surface area contributed by atoms with E-state index < -0.39 is 0 Å². The SMILES string of the molecule is CNc1nc(C)c(-c2nc(Nc3cccc(O)c3)ncc2C#N)s1. The lowest BCUT2D eigenvalue weighted by atomic mass is 10.2. The van der Waals surface area contributed by atoms with Crippen molar-refractivity contribution in [2.45, 2.75) is 6.92 Å². The van der Waals surface area contributed by atoms with Crippen LogP contribution in [0.15, 0.2) is 30.5 Å². The van der Waals surface area contributed by atoms with Crippen molar-refractivity contribution >= 4 is 28.1 Å². The molecule has 0 saturated carbocycles. The van der Waals surface area contributed by atoms with Crippen LogP contribution in [0.3, 0.4) is 0 Å². The molecule has 2 aromatic heterocycles. The fourth-order valence-electron chi connectivity index (χ4n) is 2.13. The van der Waals surface area contributed by atoms with Gasteiger partial charge >= 0.3 is 0 Å². The van der Waals surface area contributed by atoms with E-state index in [0.717, 1.165) is 15.7 Å². The van der Waals surface area contributed by atoms with Crippen LogP contribution in [-0.4, -0.2) is 27.1 Å². The first-order valence-electron chi connectivity index (χ1n) is 7.09. The number of hydrogen-bond acceptors (Lipinski definition) is 8. The number of anilines is 3. The molecular formula is C16H14N6OS. The lowest BCUT2D eigenvalue weighted by Gasteiger charge is -2.07. The van der Waals surface area contributed by atoms with Crippen molar-refractivity contribution < 1.29 is 5.11 Å². The number of aromatic nitrogens is 3. The highest BCUT2D eigenvalue weighted by Crippen LogP contribution is 2.33. The number of nitriles is 1. The highest BCUT2D eigenvalue weighted by molar-refractivity contribution is 7.19. The Morgan fingerprint density at radius 3 is 2.79 bits per heavy atom. The Balaban J connectivity index is 2.02. The predicted molar refractivity (Wildman–Crippen MR) is 93.5 cm³/mol. The average molecular weight is 338 g/mol. The molecule has 8 heteroatoms. The first-order valence-corrected chi connectivity index (χ1v) is 7.91. The number of aromatic hydroxyl groups is 1. The summed E-state index contributed by atoms with van der Waals surface area (Å²) >= 11 is 1.43. The Morgan fingerprint density at radius 1 is 1.29 bits per heavy atom. The van der Waals surface area contributed by atoms with E-state index in [1.54, 1.807) is 31.3 Å². The normalized spacial score (nSPS) is 10.2. The molecule has 0 atom stereocenters. The zero-order chi connectivity index (χ0) is 17.1. The van der Waals surface area contributed by atoms with Crippen LogP contribution >= 0.6 is 11.3 Å². The summed E-state index contributed by atoms with van der Waals surface area (Å²) in [5.41, 5.74) is 2.36. The number of phenols is 1. The molecule has 0 aliphatic rings. The standard InChI is InChI=1S/C16H14N6OS/c1-9-14(24-16(18-2)20-9)13-10(7-17)8-19-15(22-13)21-11-4-3-5-12(23)6-11/h3-6,8,23H,1-2H3,(H,18,20)(H,19,21,22). The van der Waals surface area contributed by atoms with E-state index in [1.165, 1.54) is 17.5 Å². The largest absolute Gasteiger partial charge is 0.508 e. The van der Waals surface area contributed by atoms with Gasteiger partial charge in [-0.2, -0.15) is 5.26 Å². The van der Waals surface area contributed by atoms with Gasteiger partial charge in [-0.15, -0.1) is 0 Å². The molecule has 3 rings (SSSR count). The number of aryl methyl sites for hydroxylation is 1. The van der Waals surface area contributed by atoms with Gasteiger partial charge in [-0.3, -0.25) is 0 Å². The van der Waals surface area contributed by atoms with Gasteiger partial charge in [0.05, 0.1) is 22.3 Å². The number of hydrogen-bond donors (Lipinski definition) is 3. The van der Waals surface area contributed by atoms with Crippen molar-refractivity contribution in [3.8, 4) is 22.4 Å². The summed E-state index contributed by atoms with van der Waals surface area (Å²) in [6.45, 7) is 1.87. The Hall–Kier alpha value is -3.18. The fourth-order valence-corrected chi connectivity index (χ4v) is 3.06. The molecule has 0 radical (unpaired) electrons. The molecule has 3 N–H and O–H groups in total. The number of phenolic OH excluding ortho intramolecular Hbond substituents is 1. The number of rotatable bonds is 4. The van der Waals surface area contributed by atoms with Crippen molar-refractivity contribution in [3.05, 3.63) is 41.7 Å². The summed E-state index contributed by atoms with van der Waals surface area (Å²) in [5, 5.41) is 25.6. The molecule has 1 aromatic carbocycles. The predicted octanol–water partition coefficient (Wildman–Crippen LogP) is 3.27. The monoisotopic (exact) mass is 338 g/mol. The highest BCUT2D eigenvalue weighted by Gasteiger charge is 2.16. The number of nitrogens with one attached hydrogen (secondary N) is 2. The van der Waals surface area contributed by atoms with Crippen molar-refractivity contribution in [2.24, 2.45) is 0 Å². The van der Waals surface area contributed by atoms with E-state index in [0.29, 0.717) is 22.9 Å². The first kappa shape index (κ1) is 15.7. The maximum absolute atomic E-state index is 9.53. The van der Waals surface area contributed by atoms with E-state index >= 15 is 0 Å². The third kappa shape index (κ3) is 3.11. The minimum atomic E-state index is 0.144. The second-order valence-corrected chi connectivity index (χ2v) is 5.93. The number of nitrogens with zero attached hydrogens (tertiary/aromatic N) is 4. The molecule has 0 fully saturated rings. The van der Waals surface area contributed by atoms with Gasteiger partial charge in [-0.1, -0.05) is 17.4 Å². The molecule has 0 amide bonds. The molecular weight excluding hydrogens is 324 g/mol. The molecule has 24 heavy (non-hydrogen) atoms. The van der Waals surface area contributed by atoms with Gasteiger partial charge in [0.2, 0.25) is 5.95 Å². The summed E-state index contributed by atoms with van der Waals surface area (Å²) in [5.74, 6) is 0.485. The van der Waals surface area contributed by atoms with E-state index in [-0.39, 0.29) is 5.75 Å². The van der Waals surface area contributed by atoms with Gasteiger partial charge in [0.25, 0.3) is 0 Å². The van der Waals surface area contributed by atoms with E-state index in [1.807, 2.05) is 6.92 Å². The lowest BCUT2D eigenvalue weighted by Crippen LogP contribution is -2.00. The molecule has 0 saturated heterocycles. The Labute approximate surface area is 142 Å². The maximum Gasteiger partial charge on any atom is 0.227 e. The van der Waals surface area contributed by atoms with Crippen LogP contribution in [-0.2, 0) is 0 Å². The summed E-state index contributed by atoms with van der Waals surface area (Å²) in [4.78, 5) is 13.8. The highest BCUT2D eigenvalue weighted by atomic mass is 32.1. The molecule has 0 unspecified atom stereocenters. The molecule has 0 aliphatic carbocycles. The van der Waals surface area contributed by atoms with Crippen LogP contribution in [0.1, 0.15) is 11.3 Å². The van der Waals surface area contributed by atoms with Crippen molar-refractivity contribution in [3.63, 3.8) is 0 Å². The molecule has 0 bridgehead atoms. The van der Waals surface area contributed by atoms with Crippen LogP contribution in [0.4, 0.5) is 16.8 Å². The second-order valence-electron chi connectivity index (χ2n) is 4.93. The summed E-state index contributed by atoms with van der Waals surface area (Å²) in [6.07, 6.45) is 1.48. The van der Waals surface area contributed by atoms with Crippen LogP contribution in [0.2, 0.25) is 0 Å². The Kier molecular flexibility index (Phi) is 4.26. The van der Waals surface area contributed by atoms with Crippen molar-refractivity contribution in [2.75, 3.05) is 17.7 Å². The molecule has 7 nitrogen and oxygen atoms in total. The third-order valence-electron chi connectivity index (χ3n) is 3.24. The maximum atomic E-state index is 9.53. The molecule has 2 heterocycles. The average Bonchev–Trinajstić information content (AvgIpc) is 2.96. The van der Waals surface area contributed by atoms with Crippen LogP contribution in [0.5, 0.6) is 5.75 Å². The van der Waals surface area contributed by atoms with Gasteiger partial charge in [0.15, 0.2) is 5.13 Å². The van der Waals surface area contributed by atoms with E-state index in [4.69, 9.17) is 0 Å². The molecule has 0 aliphatic heterocycles. The topological polar surface area (TPSA) is 107 Å².